The number of sulfonamides is 1. The summed E-state index contributed by atoms with van der Waals surface area (Å²) >= 11 is 0. The molecule has 1 amide bonds. The zero-order valence-corrected chi connectivity index (χ0v) is 18.5. The number of fused-ring (bicyclic) bond motifs is 1. The van der Waals surface area contributed by atoms with Gasteiger partial charge in [-0.25, -0.2) is 23.1 Å². The normalized spacial score (nSPS) is 11.5. The third-order valence-corrected chi connectivity index (χ3v) is 6.03. The third kappa shape index (κ3) is 4.75. The van der Waals surface area contributed by atoms with Crippen molar-refractivity contribution < 1.29 is 17.7 Å². The maximum Gasteiger partial charge on any atom is 0.264 e. The van der Waals surface area contributed by atoms with E-state index in [4.69, 9.17) is 4.52 Å². The van der Waals surface area contributed by atoms with Crippen LogP contribution >= 0.6 is 0 Å². The number of benzene rings is 2. The van der Waals surface area contributed by atoms with Crippen LogP contribution in [-0.2, 0) is 21.2 Å². The van der Waals surface area contributed by atoms with Crippen LogP contribution in [0.4, 0.5) is 11.6 Å². The van der Waals surface area contributed by atoms with Crippen LogP contribution in [0.1, 0.15) is 22.6 Å². The molecule has 0 spiro atoms. The Morgan fingerprint density at radius 2 is 1.66 bits per heavy atom. The zero-order chi connectivity index (χ0) is 22.9. The van der Waals surface area contributed by atoms with E-state index in [9.17, 15) is 13.2 Å². The molecular weight excluding hydrogens is 430 g/mol. The summed E-state index contributed by atoms with van der Waals surface area (Å²) in [6.07, 6.45) is 0.0299. The summed E-state index contributed by atoms with van der Waals surface area (Å²) in [5.41, 5.74) is 3.97. The van der Waals surface area contributed by atoms with Gasteiger partial charge >= 0.3 is 0 Å². The summed E-state index contributed by atoms with van der Waals surface area (Å²) in [6.45, 7) is 5.47. The lowest BCUT2D eigenvalue weighted by atomic mass is 10.1. The quantitative estimate of drug-likeness (QED) is 0.459. The second-order valence-corrected chi connectivity index (χ2v) is 9.14. The molecule has 164 valence electrons. The minimum Gasteiger partial charge on any atom is -0.356 e. The van der Waals surface area contributed by atoms with Crippen LogP contribution in [0.15, 0.2) is 57.9 Å². The summed E-state index contributed by atoms with van der Waals surface area (Å²) < 4.78 is 32.9. The zero-order valence-electron chi connectivity index (χ0n) is 17.7. The SMILES string of the molecule is Cc1ccc2onc(CC(=O)Nc3ccc(S(=O)(=O)Nc4nc(C)cc(C)n4)cc3)c2c1. The maximum absolute atomic E-state index is 12.6. The Kier molecular flexibility index (Phi) is 5.62. The average Bonchev–Trinajstić information content (AvgIpc) is 3.09. The van der Waals surface area contributed by atoms with Gasteiger partial charge < -0.3 is 9.84 Å². The number of amides is 1. The number of hydrogen-bond donors (Lipinski definition) is 2. The first kappa shape index (κ1) is 21.4. The number of nitrogens with one attached hydrogen (secondary N) is 2. The number of aryl methyl sites for hydroxylation is 3. The molecule has 0 radical (unpaired) electrons. The second kappa shape index (κ2) is 8.39. The summed E-state index contributed by atoms with van der Waals surface area (Å²) in [5.74, 6) is -0.283. The smallest absolute Gasteiger partial charge is 0.264 e. The number of carbonyl (C=O) groups is 1. The predicted molar refractivity (Wildman–Crippen MR) is 120 cm³/mol. The van der Waals surface area contributed by atoms with Crippen LogP contribution in [0.5, 0.6) is 0 Å². The van der Waals surface area contributed by atoms with Gasteiger partial charge in [-0.2, -0.15) is 0 Å². The molecule has 0 aliphatic carbocycles. The number of nitrogens with zero attached hydrogens (tertiary/aromatic N) is 3. The van der Waals surface area contributed by atoms with Crippen molar-refractivity contribution in [2.24, 2.45) is 0 Å². The van der Waals surface area contributed by atoms with Crippen LogP contribution in [0.25, 0.3) is 11.0 Å². The van der Waals surface area contributed by atoms with Gasteiger partial charge in [0.15, 0.2) is 5.58 Å². The topological polar surface area (TPSA) is 127 Å². The molecule has 32 heavy (non-hydrogen) atoms. The van der Waals surface area contributed by atoms with Crippen molar-refractivity contribution in [2.75, 3.05) is 10.0 Å². The highest BCUT2D eigenvalue weighted by molar-refractivity contribution is 7.92. The van der Waals surface area contributed by atoms with E-state index in [2.05, 4.69) is 25.2 Å². The van der Waals surface area contributed by atoms with Gasteiger partial charge in [-0.05, 0) is 63.2 Å². The summed E-state index contributed by atoms with van der Waals surface area (Å²) in [4.78, 5) is 20.7. The van der Waals surface area contributed by atoms with Gasteiger partial charge in [-0.1, -0.05) is 16.8 Å². The van der Waals surface area contributed by atoms with Crippen molar-refractivity contribution in [2.45, 2.75) is 32.1 Å². The van der Waals surface area contributed by atoms with Crippen molar-refractivity contribution in [3.63, 3.8) is 0 Å². The first-order valence-electron chi connectivity index (χ1n) is 9.79. The number of anilines is 2. The van der Waals surface area contributed by atoms with Gasteiger partial charge in [0, 0.05) is 22.5 Å². The average molecular weight is 452 g/mol. The molecule has 0 fully saturated rings. The molecule has 4 rings (SSSR count). The van der Waals surface area contributed by atoms with Gasteiger partial charge in [0.1, 0.15) is 5.69 Å². The van der Waals surface area contributed by atoms with Gasteiger partial charge in [0.25, 0.3) is 10.0 Å². The fourth-order valence-corrected chi connectivity index (χ4v) is 4.20. The van der Waals surface area contributed by atoms with Crippen LogP contribution < -0.4 is 10.0 Å². The van der Waals surface area contributed by atoms with Crippen LogP contribution in [0.3, 0.4) is 0 Å². The number of aromatic nitrogens is 3. The van der Waals surface area contributed by atoms with Gasteiger partial charge in [0.05, 0.1) is 11.3 Å². The highest BCUT2D eigenvalue weighted by atomic mass is 32.2. The highest BCUT2D eigenvalue weighted by Gasteiger charge is 2.17. The molecule has 0 aliphatic rings. The van der Waals surface area contributed by atoms with E-state index in [0.29, 0.717) is 28.4 Å². The molecule has 9 nitrogen and oxygen atoms in total. The Morgan fingerprint density at radius 3 is 2.34 bits per heavy atom. The summed E-state index contributed by atoms with van der Waals surface area (Å²) in [6, 6.07) is 13.2. The maximum atomic E-state index is 12.6. The Labute approximate surface area is 184 Å². The summed E-state index contributed by atoms with van der Waals surface area (Å²) in [7, 11) is -3.87. The number of rotatable bonds is 6. The van der Waals surface area contributed by atoms with Crippen LogP contribution in [0.2, 0.25) is 0 Å². The standard InChI is InChI=1S/C22H21N5O4S/c1-13-4-9-20-18(10-13)19(26-31-20)12-21(28)25-16-5-7-17(8-6-16)32(29,30)27-22-23-14(2)11-15(3)24-22/h4-11H,12H2,1-3H3,(H,25,28)(H,23,24,27). The molecule has 0 aliphatic heterocycles. The second-order valence-electron chi connectivity index (χ2n) is 7.46. The molecule has 0 atom stereocenters. The monoisotopic (exact) mass is 451 g/mol. The molecule has 2 heterocycles. The van der Waals surface area contributed by atoms with Crippen LogP contribution in [-0.4, -0.2) is 29.4 Å². The lowest BCUT2D eigenvalue weighted by Gasteiger charge is -2.09. The number of carbonyl (C=O) groups excluding carboxylic acids is 1. The van der Waals surface area contributed by atoms with E-state index in [-0.39, 0.29) is 23.2 Å². The van der Waals surface area contributed by atoms with Crippen LogP contribution in [0, 0.1) is 20.8 Å². The van der Waals surface area contributed by atoms with E-state index in [1.807, 2.05) is 25.1 Å². The van der Waals surface area contributed by atoms with Gasteiger partial charge in [-0.3, -0.25) is 4.79 Å². The number of hydrogen-bond acceptors (Lipinski definition) is 7. The molecule has 0 saturated carbocycles. The lowest BCUT2D eigenvalue weighted by Crippen LogP contribution is -2.17. The molecule has 10 heteroatoms. The first-order chi connectivity index (χ1) is 15.2. The van der Waals surface area contributed by atoms with Crippen molar-refractivity contribution >= 4 is 38.5 Å². The molecule has 0 unspecified atom stereocenters. The van der Waals surface area contributed by atoms with Gasteiger partial charge in [0.2, 0.25) is 11.9 Å². The molecule has 0 bridgehead atoms. The van der Waals surface area contributed by atoms with E-state index in [1.54, 1.807) is 19.9 Å². The third-order valence-electron chi connectivity index (χ3n) is 4.68. The van der Waals surface area contributed by atoms with E-state index >= 15 is 0 Å². The summed E-state index contributed by atoms with van der Waals surface area (Å²) in [5, 5.41) is 7.52. The minimum absolute atomic E-state index is 0.00922. The van der Waals surface area contributed by atoms with Crippen molar-refractivity contribution in [3.05, 3.63) is 71.2 Å². The Balaban J connectivity index is 1.44. The minimum atomic E-state index is -3.87. The predicted octanol–water partition coefficient (Wildman–Crippen LogP) is 3.53. The Hall–Kier alpha value is -3.79. The van der Waals surface area contributed by atoms with E-state index in [1.165, 1.54) is 24.3 Å². The molecule has 2 aromatic heterocycles. The molecule has 0 saturated heterocycles. The lowest BCUT2D eigenvalue weighted by molar-refractivity contribution is -0.115. The van der Waals surface area contributed by atoms with Crippen molar-refractivity contribution in [3.8, 4) is 0 Å². The van der Waals surface area contributed by atoms with E-state index < -0.39 is 10.0 Å². The fraction of sp³-hybridized carbons (Fsp3) is 0.182. The molecular formula is C22H21N5O4S. The largest absolute Gasteiger partial charge is 0.356 e. The van der Waals surface area contributed by atoms with E-state index in [0.717, 1.165) is 10.9 Å². The molecule has 2 aromatic carbocycles. The highest BCUT2D eigenvalue weighted by Crippen LogP contribution is 2.21. The van der Waals surface area contributed by atoms with Crippen molar-refractivity contribution in [1.82, 2.24) is 15.1 Å². The van der Waals surface area contributed by atoms with Crippen molar-refractivity contribution in [1.29, 1.82) is 0 Å². The first-order valence-corrected chi connectivity index (χ1v) is 11.3. The Morgan fingerprint density at radius 1 is 0.969 bits per heavy atom. The Bertz CT molecular complexity index is 1390. The van der Waals surface area contributed by atoms with Gasteiger partial charge in [-0.15, -0.1) is 0 Å². The fourth-order valence-electron chi connectivity index (χ4n) is 3.26. The molecule has 4 aromatic rings. The molecule has 2 N–H and O–H groups in total.